The Morgan fingerprint density at radius 2 is 2.00 bits per heavy atom. The first-order valence-electron chi connectivity index (χ1n) is 11.9. The number of benzene rings is 1. The molecule has 5 heteroatoms. The second-order valence-corrected chi connectivity index (χ2v) is 8.45. The van der Waals surface area contributed by atoms with Gasteiger partial charge in [-0.05, 0) is 56.7 Å². The van der Waals surface area contributed by atoms with Gasteiger partial charge in [-0.15, -0.1) is 0 Å². The Labute approximate surface area is 194 Å². The van der Waals surface area contributed by atoms with E-state index in [1.165, 1.54) is 29.7 Å². The van der Waals surface area contributed by atoms with Crippen LogP contribution in [0.4, 0.5) is 0 Å². The molecule has 2 heterocycles. The quantitative estimate of drug-likeness (QED) is 0.528. The third-order valence-corrected chi connectivity index (χ3v) is 6.39. The van der Waals surface area contributed by atoms with Crippen molar-refractivity contribution in [3.8, 4) is 0 Å². The van der Waals surface area contributed by atoms with Crippen LogP contribution in [0.3, 0.4) is 0 Å². The third kappa shape index (κ3) is 6.57. The lowest BCUT2D eigenvalue weighted by molar-refractivity contribution is -0.116. The van der Waals surface area contributed by atoms with Crippen molar-refractivity contribution in [1.82, 2.24) is 15.5 Å². The smallest absolute Gasteiger partial charge is 0.251 e. The predicted octanol–water partition coefficient (Wildman–Crippen LogP) is 4.31. The van der Waals surface area contributed by atoms with Gasteiger partial charge in [0.15, 0.2) is 0 Å². The summed E-state index contributed by atoms with van der Waals surface area (Å²) in [6.45, 7) is 11.4. The van der Waals surface area contributed by atoms with Crippen LogP contribution in [0.2, 0.25) is 0 Å². The third-order valence-electron chi connectivity index (χ3n) is 6.39. The summed E-state index contributed by atoms with van der Waals surface area (Å²) in [5, 5.41) is 13.8. The molecule has 0 bridgehead atoms. The average molecular weight is 440 g/mol. The van der Waals surface area contributed by atoms with Gasteiger partial charge in [-0.1, -0.05) is 55.8 Å². The van der Waals surface area contributed by atoms with E-state index in [2.05, 4.69) is 79.6 Å². The van der Waals surface area contributed by atoms with Crippen molar-refractivity contribution >= 4 is 5.91 Å². The number of likely N-dealkylation sites (tertiary alicyclic amines) is 1. The molecule has 2 aliphatic heterocycles. The van der Waals surface area contributed by atoms with Crippen molar-refractivity contribution < 1.29 is 9.90 Å². The number of allylic oxidation sites excluding steroid dienone is 2. The highest BCUT2D eigenvalue weighted by molar-refractivity contribution is 6.02. The van der Waals surface area contributed by atoms with Gasteiger partial charge in [-0.2, -0.15) is 0 Å². The highest BCUT2D eigenvalue weighted by Crippen LogP contribution is 2.28. The van der Waals surface area contributed by atoms with Crippen LogP contribution in [-0.2, 0) is 11.3 Å². The number of aliphatic hydroxyl groups excluding tert-OH is 1. The summed E-state index contributed by atoms with van der Waals surface area (Å²) < 4.78 is 0. The molecule has 32 heavy (non-hydrogen) atoms. The lowest BCUT2D eigenvalue weighted by Gasteiger charge is -2.26. The standard InChI is InChI=1S/C26H37N3O.CH4O/c1-5-11-22(29-15-10-12-19(29)3)16-23-24(18-28-26(23)30)20(4)25(6-2)27-17-21-13-8-7-9-14-21;1-2/h7-9,11,13-14,16,19,25,27H,5-6,10,12,15,17-18H2,1-4H3,(H,28,30);2H,1H3/b22-11-,23-16+,24-20+;. The van der Waals surface area contributed by atoms with Crippen LogP contribution in [0.1, 0.15) is 58.9 Å². The van der Waals surface area contributed by atoms with Crippen molar-refractivity contribution in [1.29, 1.82) is 0 Å². The molecule has 2 aliphatic rings. The highest BCUT2D eigenvalue weighted by atomic mass is 16.2. The van der Waals surface area contributed by atoms with Crippen LogP contribution in [-0.4, -0.2) is 48.2 Å². The molecule has 2 atom stereocenters. The van der Waals surface area contributed by atoms with E-state index in [0.29, 0.717) is 12.6 Å². The topological polar surface area (TPSA) is 64.6 Å². The molecule has 2 saturated heterocycles. The maximum Gasteiger partial charge on any atom is 0.251 e. The number of amides is 1. The second kappa shape index (κ2) is 13.2. The number of carbonyl (C=O) groups is 1. The van der Waals surface area contributed by atoms with Crippen LogP contribution < -0.4 is 10.6 Å². The summed E-state index contributed by atoms with van der Waals surface area (Å²) in [6.07, 6.45) is 8.80. The van der Waals surface area contributed by atoms with E-state index in [1.54, 1.807) is 0 Å². The Kier molecular flexibility index (Phi) is 10.7. The van der Waals surface area contributed by atoms with Crippen molar-refractivity contribution in [2.24, 2.45) is 0 Å². The predicted molar refractivity (Wildman–Crippen MR) is 133 cm³/mol. The van der Waals surface area contributed by atoms with Crippen molar-refractivity contribution in [2.45, 2.75) is 72.0 Å². The van der Waals surface area contributed by atoms with E-state index in [1.807, 2.05) is 6.07 Å². The molecular weight excluding hydrogens is 398 g/mol. The van der Waals surface area contributed by atoms with E-state index in [4.69, 9.17) is 5.11 Å². The average Bonchev–Trinajstić information content (AvgIpc) is 3.41. The summed E-state index contributed by atoms with van der Waals surface area (Å²) in [7, 11) is 1.00. The van der Waals surface area contributed by atoms with Crippen LogP contribution in [0.25, 0.3) is 0 Å². The van der Waals surface area contributed by atoms with Crippen LogP contribution in [0, 0.1) is 0 Å². The Morgan fingerprint density at radius 1 is 1.28 bits per heavy atom. The summed E-state index contributed by atoms with van der Waals surface area (Å²) in [5.74, 6) is 0.0520. The molecule has 3 rings (SSSR count). The normalized spacial score (nSPS) is 22.5. The van der Waals surface area contributed by atoms with Crippen molar-refractivity contribution in [3.05, 3.63) is 70.5 Å². The van der Waals surface area contributed by atoms with Gasteiger partial charge in [-0.25, -0.2) is 0 Å². The molecule has 1 amide bonds. The SMILES string of the molecule is CC/C=C(/C=C1/C(=O)NC/C1=C(/C)C(CC)NCc1ccccc1)N1CCCC1C.CO. The molecule has 1 aromatic carbocycles. The minimum Gasteiger partial charge on any atom is -0.400 e. The van der Waals surface area contributed by atoms with Gasteiger partial charge in [0, 0.05) is 50.1 Å². The van der Waals surface area contributed by atoms with Crippen LogP contribution in [0.15, 0.2) is 64.9 Å². The van der Waals surface area contributed by atoms with Gasteiger partial charge in [0.2, 0.25) is 0 Å². The second-order valence-electron chi connectivity index (χ2n) is 8.45. The number of hydrogen-bond acceptors (Lipinski definition) is 4. The first-order valence-corrected chi connectivity index (χ1v) is 11.9. The van der Waals surface area contributed by atoms with Crippen molar-refractivity contribution in [2.75, 3.05) is 20.2 Å². The molecule has 0 radical (unpaired) electrons. The van der Waals surface area contributed by atoms with Crippen LogP contribution in [0.5, 0.6) is 0 Å². The Morgan fingerprint density at radius 3 is 2.59 bits per heavy atom. The summed E-state index contributed by atoms with van der Waals surface area (Å²) in [6, 6.07) is 11.3. The Hall–Kier alpha value is -2.37. The number of hydrogen-bond donors (Lipinski definition) is 3. The molecular formula is C27H41N3O2. The van der Waals surface area contributed by atoms with Gasteiger partial charge >= 0.3 is 0 Å². The zero-order valence-electron chi connectivity index (χ0n) is 20.4. The minimum absolute atomic E-state index is 0.0520. The molecule has 0 aromatic heterocycles. The van der Waals surface area contributed by atoms with Gasteiger partial charge in [0.05, 0.1) is 0 Å². The van der Waals surface area contributed by atoms with E-state index >= 15 is 0 Å². The first kappa shape index (κ1) is 25.9. The number of nitrogens with zero attached hydrogens (tertiary/aromatic N) is 1. The number of rotatable bonds is 8. The zero-order valence-corrected chi connectivity index (χ0v) is 20.4. The lowest BCUT2D eigenvalue weighted by Crippen LogP contribution is -2.30. The molecule has 176 valence electrons. The highest BCUT2D eigenvalue weighted by Gasteiger charge is 2.28. The van der Waals surface area contributed by atoms with Gasteiger partial charge in [0.1, 0.15) is 0 Å². The van der Waals surface area contributed by atoms with E-state index in [9.17, 15) is 4.79 Å². The maximum atomic E-state index is 12.7. The molecule has 5 nitrogen and oxygen atoms in total. The lowest BCUT2D eigenvalue weighted by atomic mass is 9.95. The summed E-state index contributed by atoms with van der Waals surface area (Å²) >= 11 is 0. The molecule has 0 saturated carbocycles. The molecule has 3 N–H and O–H groups in total. The number of nitrogens with one attached hydrogen (secondary N) is 2. The molecule has 1 aromatic rings. The molecule has 0 aliphatic carbocycles. The van der Waals surface area contributed by atoms with E-state index in [-0.39, 0.29) is 11.9 Å². The number of carbonyl (C=O) groups excluding carboxylic acids is 1. The van der Waals surface area contributed by atoms with Crippen LogP contribution >= 0.6 is 0 Å². The zero-order chi connectivity index (χ0) is 23.5. The first-order chi connectivity index (χ1) is 15.5. The monoisotopic (exact) mass is 439 g/mol. The Balaban J connectivity index is 0.00000176. The minimum atomic E-state index is 0.0520. The van der Waals surface area contributed by atoms with Gasteiger partial charge in [0.25, 0.3) is 5.91 Å². The van der Waals surface area contributed by atoms with Gasteiger partial charge < -0.3 is 20.6 Å². The summed E-state index contributed by atoms with van der Waals surface area (Å²) in [4.78, 5) is 15.2. The fraction of sp³-hybridized carbons (Fsp3) is 0.519. The molecule has 0 spiro atoms. The maximum absolute atomic E-state index is 12.7. The molecule has 2 unspecified atom stereocenters. The number of aliphatic hydroxyl groups is 1. The fourth-order valence-electron chi connectivity index (χ4n) is 4.58. The summed E-state index contributed by atoms with van der Waals surface area (Å²) in [5.41, 5.74) is 5.74. The van der Waals surface area contributed by atoms with Gasteiger partial charge in [-0.3, -0.25) is 4.79 Å². The fourth-order valence-corrected chi connectivity index (χ4v) is 4.58. The molecule has 2 fully saturated rings. The largest absolute Gasteiger partial charge is 0.400 e. The van der Waals surface area contributed by atoms with E-state index in [0.717, 1.165) is 44.2 Å². The van der Waals surface area contributed by atoms with E-state index < -0.39 is 0 Å². The van der Waals surface area contributed by atoms with Crippen molar-refractivity contribution in [3.63, 3.8) is 0 Å². The Bertz CT molecular complexity index is 827.